The highest BCUT2D eigenvalue weighted by molar-refractivity contribution is 5.88. The zero-order valence-electron chi connectivity index (χ0n) is 10.6. The van der Waals surface area contributed by atoms with Crippen LogP contribution < -0.4 is 0 Å². The molecule has 0 unspecified atom stereocenters. The average molecular weight is 240 g/mol. The Hall–Kier alpha value is -1.36. The van der Waals surface area contributed by atoms with Crippen LogP contribution in [0.2, 0.25) is 0 Å². The van der Waals surface area contributed by atoms with E-state index in [4.69, 9.17) is 9.84 Å². The molecule has 0 radical (unpaired) electrons. The van der Waals surface area contributed by atoms with Gasteiger partial charge in [0, 0.05) is 12.8 Å². The van der Waals surface area contributed by atoms with Crippen LogP contribution in [0.3, 0.4) is 0 Å². The number of carbonyl (C=O) groups is 1. The van der Waals surface area contributed by atoms with Gasteiger partial charge in [-0.15, -0.1) is 0 Å². The van der Waals surface area contributed by atoms with E-state index in [1.54, 1.807) is 17.8 Å². The lowest BCUT2D eigenvalue weighted by Crippen LogP contribution is -2.08. The smallest absolute Gasteiger partial charge is 0.339 e. The van der Waals surface area contributed by atoms with Gasteiger partial charge < -0.3 is 9.84 Å². The van der Waals surface area contributed by atoms with E-state index in [0.717, 1.165) is 13.0 Å². The van der Waals surface area contributed by atoms with Gasteiger partial charge in [0.2, 0.25) is 0 Å². The van der Waals surface area contributed by atoms with Crippen molar-refractivity contribution in [2.45, 2.75) is 33.7 Å². The summed E-state index contributed by atoms with van der Waals surface area (Å²) in [7, 11) is 0. The van der Waals surface area contributed by atoms with E-state index in [-0.39, 0.29) is 5.56 Å². The average Bonchev–Trinajstić information content (AvgIpc) is 2.59. The zero-order valence-corrected chi connectivity index (χ0v) is 10.6. The second-order valence-electron chi connectivity index (χ2n) is 4.49. The maximum Gasteiger partial charge on any atom is 0.339 e. The van der Waals surface area contributed by atoms with Crippen LogP contribution >= 0.6 is 0 Å². The Morgan fingerprint density at radius 1 is 1.53 bits per heavy atom. The highest BCUT2D eigenvalue weighted by Gasteiger charge is 2.11. The van der Waals surface area contributed by atoms with Crippen molar-refractivity contribution in [2.75, 3.05) is 13.2 Å². The highest BCUT2D eigenvalue weighted by atomic mass is 16.5. The van der Waals surface area contributed by atoms with Crippen molar-refractivity contribution in [2.24, 2.45) is 5.92 Å². The van der Waals surface area contributed by atoms with Crippen LogP contribution in [0.1, 0.15) is 36.3 Å². The summed E-state index contributed by atoms with van der Waals surface area (Å²) in [5.41, 5.74) is 0.798. The van der Waals surface area contributed by atoms with Gasteiger partial charge in [-0.3, -0.25) is 4.68 Å². The molecule has 1 aromatic heterocycles. The van der Waals surface area contributed by atoms with Gasteiger partial charge in [-0.2, -0.15) is 5.10 Å². The number of nitrogens with zero attached hydrogens (tertiary/aromatic N) is 2. The third-order valence-electron chi connectivity index (χ3n) is 2.48. The molecule has 0 atom stereocenters. The van der Waals surface area contributed by atoms with Crippen molar-refractivity contribution in [3.8, 4) is 0 Å². The summed E-state index contributed by atoms with van der Waals surface area (Å²) in [4.78, 5) is 10.8. The van der Waals surface area contributed by atoms with Crippen molar-refractivity contribution in [3.05, 3.63) is 17.5 Å². The van der Waals surface area contributed by atoms with Gasteiger partial charge in [0.1, 0.15) is 5.56 Å². The molecule has 0 amide bonds. The summed E-state index contributed by atoms with van der Waals surface area (Å²) in [5.74, 6) is -0.296. The van der Waals surface area contributed by atoms with Crippen molar-refractivity contribution in [1.29, 1.82) is 0 Å². The summed E-state index contributed by atoms with van der Waals surface area (Å²) in [6.45, 7) is 7.89. The topological polar surface area (TPSA) is 64.4 Å². The summed E-state index contributed by atoms with van der Waals surface area (Å²) < 4.78 is 7.07. The largest absolute Gasteiger partial charge is 0.478 e. The number of hydrogen-bond acceptors (Lipinski definition) is 3. The lowest BCUT2D eigenvalue weighted by molar-refractivity contribution is 0.0695. The van der Waals surface area contributed by atoms with Crippen LogP contribution in [0.5, 0.6) is 0 Å². The molecule has 0 aliphatic carbocycles. The Labute approximate surface area is 101 Å². The SMILES string of the molecule is Cc1nn(CCOCCC(C)C)cc1C(=O)O. The first-order chi connectivity index (χ1) is 8.00. The molecular formula is C12H20N2O3. The molecular weight excluding hydrogens is 220 g/mol. The number of aromatic nitrogens is 2. The van der Waals surface area contributed by atoms with Crippen LogP contribution in [0.25, 0.3) is 0 Å². The van der Waals surface area contributed by atoms with E-state index in [9.17, 15) is 4.79 Å². The standard InChI is InChI=1S/C12H20N2O3/c1-9(2)4-6-17-7-5-14-8-11(12(15)16)10(3)13-14/h8-9H,4-7H2,1-3H3,(H,15,16). The van der Waals surface area contributed by atoms with Crippen molar-refractivity contribution in [3.63, 3.8) is 0 Å². The number of carboxylic acids is 1. The van der Waals surface area contributed by atoms with Gasteiger partial charge in [0.15, 0.2) is 0 Å². The van der Waals surface area contributed by atoms with Gasteiger partial charge in [-0.05, 0) is 19.3 Å². The predicted molar refractivity (Wildman–Crippen MR) is 64.2 cm³/mol. The molecule has 0 aromatic carbocycles. The molecule has 0 spiro atoms. The molecule has 1 aromatic rings. The van der Waals surface area contributed by atoms with E-state index in [2.05, 4.69) is 18.9 Å². The molecule has 96 valence electrons. The second kappa shape index (κ2) is 6.39. The van der Waals surface area contributed by atoms with Gasteiger partial charge in [-0.25, -0.2) is 4.79 Å². The highest BCUT2D eigenvalue weighted by Crippen LogP contribution is 2.05. The van der Waals surface area contributed by atoms with Gasteiger partial charge in [0.25, 0.3) is 0 Å². The number of ether oxygens (including phenoxy) is 1. The molecule has 0 aliphatic rings. The maximum absolute atomic E-state index is 10.8. The zero-order chi connectivity index (χ0) is 12.8. The van der Waals surface area contributed by atoms with Crippen LogP contribution in [-0.4, -0.2) is 34.1 Å². The van der Waals surface area contributed by atoms with E-state index >= 15 is 0 Å². The minimum Gasteiger partial charge on any atom is -0.478 e. The third-order valence-corrected chi connectivity index (χ3v) is 2.48. The minimum absolute atomic E-state index is 0.257. The van der Waals surface area contributed by atoms with Gasteiger partial charge in [-0.1, -0.05) is 13.8 Å². The normalized spacial score (nSPS) is 11.1. The van der Waals surface area contributed by atoms with Gasteiger partial charge in [0.05, 0.1) is 18.8 Å². The molecule has 1 heterocycles. The van der Waals surface area contributed by atoms with Crippen molar-refractivity contribution in [1.82, 2.24) is 9.78 Å². The molecule has 1 N–H and O–H groups in total. The first-order valence-corrected chi connectivity index (χ1v) is 5.85. The van der Waals surface area contributed by atoms with Crippen LogP contribution in [0.4, 0.5) is 0 Å². The lowest BCUT2D eigenvalue weighted by atomic mass is 10.1. The van der Waals surface area contributed by atoms with Gasteiger partial charge >= 0.3 is 5.97 Å². The van der Waals surface area contributed by atoms with E-state index in [1.807, 2.05) is 0 Å². The molecule has 1 rings (SSSR count). The molecule has 0 aliphatic heterocycles. The first-order valence-electron chi connectivity index (χ1n) is 5.85. The van der Waals surface area contributed by atoms with Crippen molar-refractivity contribution >= 4 is 5.97 Å². The number of aryl methyl sites for hydroxylation is 1. The third kappa shape index (κ3) is 4.56. The Balaban J connectivity index is 2.32. The molecule has 0 saturated heterocycles. The first kappa shape index (κ1) is 13.7. The second-order valence-corrected chi connectivity index (χ2v) is 4.49. The predicted octanol–water partition coefficient (Wildman–Crippen LogP) is 1.95. The van der Waals surface area contributed by atoms with E-state index in [0.29, 0.717) is 24.8 Å². The number of aromatic carboxylic acids is 1. The minimum atomic E-state index is -0.936. The Morgan fingerprint density at radius 3 is 2.76 bits per heavy atom. The summed E-state index contributed by atoms with van der Waals surface area (Å²) >= 11 is 0. The Bertz CT molecular complexity index is 372. The van der Waals surface area contributed by atoms with Crippen LogP contribution in [0.15, 0.2) is 6.20 Å². The molecule has 17 heavy (non-hydrogen) atoms. The maximum atomic E-state index is 10.8. The fourth-order valence-electron chi connectivity index (χ4n) is 1.42. The number of rotatable bonds is 7. The molecule has 0 fully saturated rings. The fourth-order valence-corrected chi connectivity index (χ4v) is 1.42. The monoisotopic (exact) mass is 240 g/mol. The summed E-state index contributed by atoms with van der Waals surface area (Å²) in [5, 5.41) is 13.0. The summed E-state index contributed by atoms with van der Waals surface area (Å²) in [6, 6.07) is 0. The van der Waals surface area contributed by atoms with Crippen LogP contribution in [0, 0.1) is 12.8 Å². The fraction of sp³-hybridized carbons (Fsp3) is 0.667. The number of carboxylic acid groups (broad SMARTS) is 1. The van der Waals surface area contributed by atoms with Crippen molar-refractivity contribution < 1.29 is 14.6 Å². The lowest BCUT2D eigenvalue weighted by Gasteiger charge is -2.06. The van der Waals surface area contributed by atoms with Crippen LogP contribution in [-0.2, 0) is 11.3 Å². The molecule has 5 nitrogen and oxygen atoms in total. The molecule has 5 heteroatoms. The number of hydrogen-bond donors (Lipinski definition) is 1. The summed E-state index contributed by atoms with van der Waals surface area (Å²) in [6.07, 6.45) is 2.59. The van der Waals surface area contributed by atoms with E-state index in [1.165, 1.54) is 0 Å². The van der Waals surface area contributed by atoms with E-state index < -0.39 is 5.97 Å². The Kier molecular flexibility index (Phi) is 5.15. The quantitative estimate of drug-likeness (QED) is 0.740. The molecule has 0 saturated carbocycles. The Morgan fingerprint density at radius 2 is 2.24 bits per heavy atom. The molecule has 0 bridgehead atoms.